The molecule has 0 radical (unpaired) electrons. The molecular formula is C77H98N2O11. The number of Topliss-reactive ketones (excluding diaryl/α,β-unsaturated/α-hetero) is 1. The van der Waals surface area contributed by atoms with Gasteiger partial charge in [0, 0.05) is 41.3 Å². The van der Waals surface area contributed by atoms with Crippen molar-refractivity contribution in [3.63, 3.8) is 0 Å². The summed E-state index contributed by atoms with van der Waals surface area (Å²) >= 11 is 0. The normalized spacial score (nSPS) is 52.2. The molecule has 5 saturated heterocycles. The SMILES string of the molecule is C[C@@H]1[C@@H]([C@@H]2C=C3C[C@H]4CC5(CCCC5)C[C@]45C[C@H]4C[C@@]6(C)[C@H](c7ccoc7C[C@@H]([C@H]7CC[C@H]8[C@H](C=CN9CNC[C@H]89)C7)[C@H](O)CO)OC(=O)[C@H]7O[C@]76[C@]6([C@H]7CCC[C@H](Cc8ccccc8)C7)[C@H](O)C(=O)[C@@H]7[C@@]2(C)O[C@]32[C@H]5C(=O)OC[C@@]72[C@@H]46)C=C[C@@H]2CCCC[C@H]12. The van der Waals surface area contributed by atoms with Gasteiger partial charge in [-0.05, 0) is 214 Å². The number of furan rings is 1. The van der Waals surface area contributed by atoms with E-state index < -0.39 is 86.6 Å². The molecule has 13 heteroatoms. The third-order valence-electron chi connectivity index (χ3n) is 31.5. The van der Waals surface area contributed by atoms with E-state index in [0.717, 1.165) is 109 Å². The number of aliphatic hydroxyl groups excluding tert-OH is 3. The van der Waals surface area contributed by atoms with Gasteiger partial charge in [-0.3, -0.25) is 14.9 Å². The van der Waals surface area contributed by atoms with Crippen molar-refractivity contribution in [2.75, 3.05) is 26.4 Å². The Morgan fingerprint density at radius 2 is 1.68 bits per heavy atom. The number of cyclic esters (lactones) is 2. The predicted molar refractivity (Wildman–Crippen MR) is 333 cm³/mol. The fraction of sp³-hybridized carbons (Fsp3) is 0.753. The Kier molecular flexibility index (Phi) is 12.4. The van der Waals surface area contributed by atoms with Crippen molar-refractivity contribution in [3.05, 3.63) is 95.6 Å². The maximum atomic E-state index is 17.7. The molecule has 2 aromatic rings. The molecular weight excluding hydrogens is 1130 g/mol. The molecule has 0 unspecified atom stereocenters. The highest BCUT2D eigenvalue weighted by Gasteiger charge is 2.99. The van der Waals surface area contributed by atoms with Gasteiger partial charge in [0.05, 0.1) is 48.5 Å². The molecule has 19 rings (SSSR count). The number of benzene rings is 1. The molecule has 13 nitrogen and oxygen atoms in total. The van der Waals surface area contributed by atoms with E-state index in [1.54, 1.807) is 6.26 Å². The van der Waals surface area contributed by atoms with Gasteiger partial charge in [-0.25, -0.2) is 4.79 Å². The monoisotopic (exact) mass is 1230 g/mol. The van der Waals surface area contributed by atoms with Crippen LogP contribution in [0.4, 0.5) is 0 Å². The maximum Gasteiger partial charge on any atom is 0.339 e. The first-order valence-electron chi connectivity index (χ1n) is 36.5. The van der Waals surface area contributed by atoms with Crippen molar-refractivity contribution >= 4 is 17.7 Å². The smallest absolute Gasteiger partial charge is 0.339 e. The van der Waals surface area contributed by atoms with Gasteiger partial charge in [-0.1, -0.05) is 107 Å². The minimum Gasteiger partial charge on any atom is -0.469 e. The minimum atomic E-state index is -1.52. The lowest BCUT2D eigenvalue weighted by molar-refractivity contribution is -0.300. The van der Waals surface area contributed by atoms with Crippen LogP contribution in [0.1, 0.15) is 172 Å². The van der Waals surface area contributed by atoms with Crippen LogP contribution >= 0.6 is 0 Å². The number of hydrogen-bond donors (Lipinski definition) is 4. The maximum absolute atomic E-state index is 17.7. The van der Waals surface area contributed by atoms with Crippen molar-refractivity contribution < 1.29 is 53.1 Å². The van der Waals surface area contributed by atoms with Crippen molar-refractivity contribution in [2.45, 2.75) is 209 Å². The zero-order chi connectivity index (χ0) is 60.9. The van der Waals surface area contributed by atoms with E-state index in [0.29, 0.717) is 54.2 Å². The van der Waals surface area contributed by atoms with Crippen molar-refractivity contribution in [1.29, 1.82) is 0 Å². The quantitative estimate of drug-likeness (QED) is 0.100. The van der Waals surface area contributed by atoms with Gasteiger partial charge in [0.1, 0.15) is 35.8 Å². The summed E-state index contributed by atoms with van der Waals surface area (Å²) < 4.78 is 37.3. The number of epoxide rings is 1. The standard InChI is InChI=1S/C77H98N2O11/c1-42-52-17-8-7-15-45(52)18-20-53(42)57-32-50-31-51-36-72(24-9-10-25-72)39-73(51)35-48-34-70(2)66(55-23-27-86-60(55)33-56(59(81)38-80)46-19-21-54-47(30-46)22-26-79-41-78-37-58(54)79)88-69(85)67-77(70,89-67)75(49-16-11-14-44(29-49)28-43-12-5-4-6-13-43)62(48)74-40-87-68(84)64(73)76(50,74)90-71(57,3)63(74)61(82)65(75)83/h4-6,12-13,18,20,22-23,26-27,32,42,44-49,51-54,56-59,62-67,78,80-81,83H,7-11,14-17,19,21,24-25,28-31,33-41H2,1-3H3/t42-,44+,45-,46-,47+,48+,49-,51-,52+,53-,54-,56-,57-,58+,59+,62+,63+,64-,65+,66-,67+,70-,71-,73+,74+,75-,76-,77+/m0/s1. The molecule has 1 aromatic carbocycles. The lowest BCUT2D eigenvalue weighted by atomic mass is 9.29. The predicted octanol–water partition coefficient (Wildman–Crippen LogP) is 11.2. The number of rotatable bonds is 10. The second-order valence-corrected chi connectivity index (χ2v) is 34.5. The molecule has 14 fully saturated rings. The minimum absolute atomic E-state index is 0.0426. The fourth-order valence-electron chi connectivity index (χ4n) is 29.0. The Morgan fingerprint density at radius 3 is 2.52 bits per heavy atom. The van der Waals surface area contributed by atoms with Crippen LogP contribution in [0.25, 0.3) is 0 Å². The molecule has 7 aliphatic heterocycles. The van der Waals surface area contributed by atoms with Crippen LogP contribution < -0.4 is 5.32 Å². The van der Waals surface area contributed by atoms with Crippen molar-refractivity contribution in [3.8, 4) is 0 Å². The van der Waals surface area contributed by atoms with Crippen LogP contribution in [0.2, 0.25) is 0 Å². The first-order valence-corrected chi connectivity index (χ1v) is 36.5. The summed E-state index contributed by atoms with van der Waals surface area (Å²) in [6.45, 7) is 8.55. The van der Waals surface area contributed by atoms with E-state index in [-0.39, 0.29) is 77.7 Å². The van der Waals surface area contributed by atoms with Crippen LogP contribution in [0.5, 0.6) is 0 Å². The number of carbonyl (C=O) groups is 3. The first-order chi connectivity index (χ1) is 43.6. The number of fused-ring (bicyclic) bond motifs is 6. The van der Waals surface area contributed by atoms with E-state index >= 15 is 14.4 Å². The second kappa shape index (κ2) is 19.5. The number of carbonyl (C=O) groups excluding carboxylic acids is 3. The highest BCUT2D eigenvalue weighted by atomic mass is 16.7. The summed E-state index contributed by atoms with van der Waals surface area (Å²) in [5.74, 6) is 0.0862. The lowest BCUT2D eigenvalue weighted by Crippen LogP contribution is -2.82. The highest BCUT2D eigenvalue weighted by molar-refractivity contribution is 5.94. The van der Waals surface area contributed by atoms with E-state index in [4.69, 9.17) is 23.4 Å². The van der Waals surface area contributed by atoms with E-state index in [2.05, 4.69) is 91.8 Å². The van der Waals surface area contributed by atoms with E-state index in [1.807, 2.05) is 6.07 Å². The van der Waals surface area contributed by atoms with Crippen molar-refractivity contribution in [1.82, 2.24) is 10.2 Å². The molecule has 10 aliphatic carbocycles. The summed E-state index contributed by atoms with van der Waals surface area (Å²) in [6.07, 6.45) is 30.9. The van der Waals surface area contributed by atoms with Gasteiger partial charge in [0.2, 0.25) is 0 Å². The summed E-state index contributed by atoms with van der Waals surface area (Å²) in [4.78, 5) is 52.2. The molecule has 90 heavy (non-hydrogen) atoms. The fourth-order valence-corrected chi connectivity index (χ4v) is 29.0. The zero-order valence-corrected chi connectivity index (χ0v) is 53.5. The van der Waals surface area contributed by atoms with Gasteiger partial charge in [0.15, 0.2) is 11.9 Å². The second-order valence-electron chi connectivity index (χ2n) is 34.5. The number of aliphatic hydroxyl groups is 3. The van der Waals surface area contributed by atoms with Crippen LogP contribution in [-0.4, -0.2) is 106 Å². The van der Waals surface area contributed by atoms with E-state index in [9.17, 15) is 15.3 Å². The van der Waals surface area contributed by atoms with Gasteiger partial charge in [0.25, 0.3) is 0 Å². The molecule has 5 spiro atoms. The number of allylic oxidation sites excluding steroid dienone is 3. The Morgan fingerprint density at radius 1 is 0.833 bits per heavy atom. The molecule has 1 aromatic heterocycles. The Hall–Kier alpha value is -4.11. The third kappa shape index (κ3) is 6.95. The third-order valence-corrected chi connectivity index (χ3v) is 31.5. The largest absolute Gasteiger partial charge is 0.469 e. The number of ketones is 1. The lowest BCUT2D eigenvalue weighted by Gasteiger charge is -2.72. The van der Waals surface area contributed by atoms with Gasteiger partial charge in [-0.15, -0.1) is 0 Å². The van der Waals surface area contributed by atoms with Crippen LogP contribution in [-0.2, 0) is 46.2 Å². The molecule has 8 heterocycles. The molecule has 5 bridgehead atoms. The molecule has 482 valence electrons. The van der Waals surface area contributed by atoms with Gasteiger partial charge < -0.3 is 43.6 Å². The number of hydrogen-bond acceptors (Lipinski definition) is 13. The molecule has 17 aliphatic rings. The molecule has 4 N–H and O–H groups in total. The van der Waals surface area contributed by atoms with Gasteiger partial charge >= 0.3 is 11.9 Å². The summed E-state index contributed by atoms with van der Waals surface area (Å²) in [5, 5.41) is 41.5. The first kappa shape index (κ1) is 57.3. The summed E-state index contributed by atoms with van der Waals surface area (Å²) in [5.41, 5.74) is -4.16. The highest BCUT2D eigenvalue weighted by Crippen LogP contribution is 2.91. The van der Waals surface area contributed by atoms with Gasteiger partial charge in [-0.2, -0.15) is 0 Å². The van der Waals surface area contributed by atoms with Crippen LogP contribution in [0.15, 0.2) is 83.2 Å². The van der Waals surface area contributed by atoms with Crippen molar-refractivity contribution in [2.24, 2.45) is 122 Å². The molecule has 9 saturated carbocycles. The van der Waals surface area contributed by atoms with E-state index in [1.165, 1.54) is 49.7 Å². The zero-order valence-electron chi connectivity index (χ0n) is 53.5. The average molecular weight is 1230 g/mol. The van der Waals surface area contributed by atoms with Crippen LogP contribution in [0.3, 0.4) is 0 Å². The topological polar surface area (TPSA) is 181 Å². The Bertz CT molecular complexity index is 3390. The number of ether oxygens (including phenoxy) is 4. The summed E-state index contributed by atoms with van der Waals surface area (Å²) in [6, 6.07) is 13.3. The molecule has 28 atom stereocenters. The number of esters is 2. The Balaban J connectivity index is 0.805. The Labute approximate surface area is 531 Å². The van der Waals surface area contributed by atoms with Crippen LogP contribution in [0, 0.1) is 122 Å². The molecule has 0 amide bonds. The number of nitrogens with zero attached hydrogens (tertiary/aromatic N) is 1. The average Bonchev–Trinajstić information content (AvgIpc) is 1.41. The number of nitrogens with one attached hydrogen (secondary N) is 1. The summed E-state index contributed by atoms with van der Waals surface area (Å²) in [7, 11) is 0.